The van der Waals surface area contributed by atoms with Gasteiger partial charge in [-0.3, -0.25) is 14.2 Å². The highest BCUT2D eigenvalue weighted by Crippen LogP contribution is 2.22. The zero-order valence-electron chi connectivity index (χ0n) is 17.2. The number of anilines is 1. The molecule has 1 aromatic carbocycles. The fraction of sp³-hybridized carbons (Fsp3) is 0.364. The third-order valence-corrected chi connectivity index (χ3v) is 5.62. The first-order chi connectivity index (χ1) is 14.6. The van der Waals surface area contributed by atoms with Gasteiger partial charge >= 0.3 is 0 Å². The van der Waals surface area contributed by atoms with Crippen LogP contribution in [0.3, 0.4) is 0 Å². The summed E-state index contributed by atoms with van der Waals surface area (Å²) in [6.07, 6.45) is 3.00. The standard InChI is InChI=1S/C22H25N5O3/c1-26-19-17(7-5-11-23-19)25-20(22(26)29)27-12-9-15(10-13-27)21(28)24-14-16-6-3-4-8-18(16)30-2/h3-8,11,15H,9-10,12-14H2,1-2H3,(H,24,28). The molecule has 8 nitrogen and oxygen atoms in total. The number of fused-ring (bicyclic) bond motifs is 1. The molecule has 1 N–H and O–H groups in total. The molecule has 8 heteroatoms. The van der Waals surface area contributed by atoms with Gasteiger partial charge in [0, 0.05) is 44.4 Å². The number of hydrogen-bond donors (Lipinski definition) is 1. The zero-order chi connectivity index (χ0) is 21.1. The lowest BCUT2D eigenvalue weighted by Crippen LogP contribution is -2.43. The number of rotatable bonds is 5. The van der Waals surface area contributed by atoms with Crippen LogP contribution >= 0.6 is 0 Å². The minimum atomic E-state index is -0.166. The Balaban J connectivity index is 1.40. The Hall–Kier alpha value is -3.42. The van der Waals surface area contributed by atoms with Gasteiger partial charge in [0.25, 0.3) is 5.56 Å². The van der Waals surface area contributed by atoms with Crippen LogP contribution in [0, 0.1) is 5.92 Å². The van der Waals surface area contributed by atoms with Crippen LogP contribution in [0.15, 0.2) is 47.4 Å². The van der Waals surface area contributed by atoms with Crippen molar-refractivity contribution < 1.29 is 9.53 Å². The Morgan fingerprint density at radius 2 is 1.97 bits per heavy atom. The van der Waals surface area contributed by atoms with Gasteiger partial charge in [0.2, 0.25) is 5.91 Å². The Bertz CT molecular complexity index is 1120. The highest BCUT2D eigenvalue weighted by molar-refractivity contribution is 5.79. The number of aromatic nitrogens is 3. The maximum Gasteiger partial charge on any atom is 0.294 e. The summed E-state index contributed by atoms with van der Waals surface area (Å²) >= 11 is 0. The van der Waals surface area contributed by atoms with Crippen molar-refractivity contribution in [2.24, 2.45) is 13.0 Å². The number of amides is 1. The predicted octanol–water partition coefficient (Wildman–Crippen LogP) is 1.87. The minimum Gasteiger partial charge on any atom is -0.496 e. The molecule has 1 amide bonds. The zero-order valence-corrected chi connectivity index (χ0v) is 17.2. The SMILES string of the molecule is COc1ccccc1CNC(=O)C1CCN(c2nc3cccnc3n(C)c2=O)CC1. The van der Waals surface area contributed by atoms with Gasteiger partial charge in [-0.25, -0.2) is 9.97 Å². The first-order valence-corrected chi connectivity index (χ1v) is 10.0. The second kappa shape index (κ2) is 8.52. The average Bonchev–Trinajstić information content (AvgIpc) is 2.80. The number of methoxy groups -OCH3 is 1. The third kappa shape index (κ3) is 3.85. The largest absolute Gasteiger partial charge is 0.496 e. The van der Waals surface area contributed by atoms with Crippen molar-refractivity contribution >= 4 is 22.9 Å². The number of nitrogens with zero attached hydrogens (tertiary/aromatic N) is 4. The van der Waals surface area contributed by atoms with E-state index < -0.39 is 0 Å². The van der Waals surface area contributed by atoms with Crippen molar-refractivity contribution in [3.63, 3.8) is 0 Å². The molecular formula is C22H25N5O3. The van der Waals surface area contributed by atoms with Crippen molar-refractivity contribution in [2.75, 3.05) is 25.1 Å². The number of hydrogen-bond acceptors (Lipinski definition) is 6. The van der Waals surface area contributed by atoms with E-state index in [1.54, 1.807) is 20.4 Å². The molecule has 30 heavy (non-hydrogen) atoms. The van der Waals surface area contributed by atoms with Crippen LogP contribution in [0.1, 0.15) is 18.4 Å². The summed E-state index contributed by atoms with van der Waals surface area (Å²) < 4.78 is 6.87. The van der Waals surface area contributed by atoms with E-state index in [-0.39, 0.29) is 17.4 Å². The lowest BCUT2D eigenvalue weighted by molar-refractivity contribution is -0.125. The van der Waals surface area contributed by atoms with E-state index in [2.05, 4.69) is 15.3 Å². The molecule has 1 saturated heterocycles. The molecule has 1 aliphatic heterocycles. The van der Waals surface area contributed by atoms with E-state index in [9.17, 15) is 9.59 Å². The van der Waals surface area contributed by atoms with Gasteiger partial charge in [-0.1, -0.05) is 18.2 Å². The van der Waals surface area contributed by atoms with Crippen LogP contribution in [-0.2, 0) is 18.4 Å². The van der Waals surface area contributed by atoms with Crippen LogP contribution < -0.4 is 20.5 Å². The molecule has 0 spiro atoms. The Morgan fingerprint density at radius 3 is 2.73 bits per heavy atom. The lowest BCUT2D eigenvalue weighted by Gasteiger charge is -2.32. The highest BCUT2D eigenvalue weighted by Gasteiger charge is 2.27. The van der Waals surface area contributed by atoms with Crippen LogP contribution in [0.25, 0.3) is 11.2 Å². The first kappa shape index (κ1) is 19.9. The molecule has 1 aliphatic rings. The van der Waals surface area contributed by atoms with E-state index in [1.165, 1.54) is 4.57 Å². The second-order valence-electron chi connectivity index (χ2n) is 7.44. The molecule has 156 valence electrons. The maximum atomic E-state index is 12.7. The van der Waals surface area contributed by atoms with Crippen molar-refractivity contribution in [1.82, 2.24) is 19.9 Å². The lowest BCUT2D eigenvalue weighted by atomic mass is 9.96. The summed E-state index contributed by atoms with van der Waals surface area (Å²) in [6.45, 7) is 1.66. The summed E-state index contributed by atoms with van der Waals surface area (Å²) in [5, 5.41) is 3.02. The van der Waals surface area contributed by atoms with Crippen molar-refractivity contribution in [3.8, 4) is 5.75 Å². The first-order valence-electron chi connectivity index (χ1n) is 10.0. The van der Waals surface area contributed by atoms with Gasteiger partial charge in [-0.05, 0) is 31.0 Å². The maximum absolute atomic E-state index is 12.7. The number of ether oxygens (including phenoxy) is 1. The van der Waals surface area contributed by atoms with Crippen molar-refractivity contribution in [3.05, 3.63) is 58.5 Å². The molecule has 0 radical (unpaired) electrons. The van der Waals surface area contributed by atoms with E-state index in [1.807, 2.05) is 41.3 Å². The molecule has 4 rings (SSSR count). The number of aryl methyl sites for hydroxylation is 1. The molecule has 0 bridgehead atoms. The van der Waals surface area contributed by atoms with Crippen LogP contribution in [-0.4, -0.2) is 40.6 Å². The molecule has 0 aliphatic carbocycles. The van der Waals surface area contributed by atoms with Gasteiger partial charge in [-0.2, -0.15) is 0 Å². The van der Waals surface area contributed by atoms with Gasteiger partial charge < -0.3 is 15.0 Å². The fourth-order valence-corrected chi connectivity index (χ4v) is 3.88. The number of carbonyl (C=O) groups is 1. The molecule has 3 aromatic rings. The Labute approximate surface area is 174 Å². The van der Waals surface area contributed by atoms with Crippen molar-refractivity contribution in [2.45, 2.75) is 19.4 Å². The number of pyridine rings is 1. The summed E-state index contributed by atoms with van der Waals surface area (Å²) in [7, 11) is 3.33. The van der Waals surface area contributed by atoms with Crippen LogP contribution in [0.4, 0.5) is 5.82 Å². The molecule has 0 unspecified atom stereocenters. The molecule has 1 fully saturated rings. The van der Waals surface area contributed by atoms with Gasteiger partial charge in [0.1, 0.15) is 11.3 Å². The molecule has 3 heterocycles. The highest BCUT2D eigenvalue weighted by atomic mass is 16.5. The van der Waals surface area contributed by atoms with E-state index in [0.29, 0.717) is 49.5 Å². The average molecular weight is 407 g/mol. The summed E-state index contributed by atoms with van der Waals surface area (Å²) in [4.78, 5) is 36.1. The molecule has 2 aromatic heterocycles. The summed E-state index contributed by atoms with van der Waals surface area (Å²) in [5.74, 6) is 1.14. The number of piperidine rings is 1. The minimum absolute atomic E-state index is 0.0316. The molecular weight excluding hydrogens is 382 g/mol. The number of para-hydroxylation sites is 1. The number of carbonyl (C=O) groups excluding carboxylic acids is 1. The molecule has 0 saturated carbocycles. The van der Waals surface area contributed by atoms with Crippen LogP contribution in [0.5, 0.6) is 5.75 Å². The quantitative estimate of drug-likeness (QED) is 0.695. The van der Waals surface area contributed by atoms with E-state index >= 15 is 0 Å². The smallest absolute Gasteiger partial charge is 0.294 e. The molecule has 0 atom stereocenters. The van der Waals surface area contributed by atoms with Gasteiger partial charge in [0.15, 0.2) is 11.5 Å². The predicted molar refractivity (Wildman–Crippen MR) is 115 cm³/mol. The van der Waals surface area contributed by atoms with Gasteiger partial charge in [0.05, 0.1) is 7.11 Å². The number of nitrogens with one attached hydrogen (secondary N) is 1. The summed E-state index contributed by atoms with van der Waals surface area (Å²) in [6, 6.07) is 11.3. The van der Waals surface area contributed by atoms with Crippen molar-refractivity contribution in [1.29, 1.82) is 0 Å². The number of benzene rings is 1. The Morgan fingerprint density at radius 1 is 1.20 bits per heavy atom. The van der Waals surface area contributed by atoms with Gasteiger partial charge in [-0.15, -0.1) is 0 Å². The normalized spacial score (nSPS) is 14.7. The topological polar surface area (TPSA) is 89.3 Å². The third-order valence-electron chi connectivity index (χ3n) is 5.62. The summed E-state index contributed by atoms with van der Waals surface area (Å²) in [5.41, 5.74) is 2.03. The second-order valence-corrected chi connectivity index (χ2v) is 7.44. The van der Waals surface area contributed by atoms with Crippen LogP contribution in [0.2, 0.25) is 0 Å². The Kier molecular flexibility index (Phi) is 5.65. The monoisotopic (exact) mass is 407 g/mol. The van der Waals surface area contributed by atoms with E-state index in [0.717, 1.165) is 11.3 Å². The fourth-order valence-electron chi connectivity index (χ4n) is 3.88. The van der Waals surface area contributed by atoms with E-state index in [4.69, 9.17) is 4.74 Å².